The fourth-order valence-electron chi connectivity index (χ4n) is 4.25. The zero-order chi connectivity index (χ0) is 21.6. The molecule has 1 atom stereocenters. The van der Waals surface area contributed by atoms with Gasteiger partial charge in [-0.15, -0.1) is 0 Å². The first-order valence-corrected chi connectivity index (χ1v) is 10.9. The van der Waals surface area contributed by atoms with E-state index in [-0.39, 0.29) is 18.4 Å². The molecule has 2 heterocycles. The highest BCUT2D eigenvalue weighted by Crippen LogP contribution is 2.26. The maximum absolute atomic E-state index is 12.6. The largest absolute Gasteiger partial charge is 0.497 e. The maximum Gasteiger partial charge on any atom is 0.419 e. The SMILES string of the molecule is COc1ccc([C@H](CNC(=O)CCn2c(=O)oc3ccccc32)N2CCCCC2)cc1. The fraction of sp³-hybridized carbons (Fsp3) is 0.417. The Morgan fingerprint density at radius 3 is 2.58 bits per heavy atom. The molecule has 1 aliphatic rings. The van der Waals surface area contributed by atoms with Crippen molar-refractivity contribution in [2.75, 3.05) is 26.7 Å². The summed E-state index contributed by atoms with van der Waals surface area (Å²) in [7, 11) is 1.66. The van der Waals surface area contributed by atoms with Crippen molar-refractivity contribution in [3.05, 3.63) is 64.6 Å². The van der Waals surface area contributed by atoms with Crippen LogP contribution in [0.2, 0.25) is 0 Å². The lowest BCUT2D eigenvalue weighted by Gasteiger charge is -2.35. The number of aromatic nitrogens is 1. The molecule has 0 bridgehead atoms. The molecule has 1 saturated heterocycles. The van der Waals surface area contributed by atoms with Gasteiger partial charge in [-0.1, -0.05) is 30.7 Å². The summed E-state index contributed by atoms with van der Waals surface area (Å²) in [6.45, 7) is 2.89. The van der Waals surface area contributed by atoms with Gasteiger partial charge in [0, 0.05) is 19.5 Å². The summed E-state index contributed by atoms with van der Waals surface area (Å²) in [5.74, 6) is 0.314. The van der Waals surface area contributed by atoms with Gasteiger partial charge in [0.1, 0.15) is 5.75 Å². The van der Waals surface area contributed by atoms with Crippen molar-refractivity contribution >= 4 is 17.0 Å². The first-order chi connectivity index (χ1) is 15.2. The van der Waals surface area contributed by atoms with Crippen molar-refractivity contribution in [3.8, 4) is 5.75 Å². The second kappa shape index (κ2) is 9.83. The number of benzene rings is 2. The predicted octanol–water partition coefficient (Wildman–Crippen LogP) is 3.34. The Balaban J connectivity index is 1.40. The highest BCUT2D eigenvalue weighted by Gasteiger charge is 2.23. The van der Waals surface area contributed by atoms with Crippen LogP contribution >= 0.6 is 0 Å². The third-order valence-corrected chi connectivity index (χ3v) is 5.96. The average Bonchev–Trinajstić information content (AvgIpc) is 3.13. The van der Waals surface area contributed by atoms with Crippen molar-refractivity contribution in [1.82, 2.24) is 14.8 Å². The molecule has 0 spiro atoms. The molecule has 0 unspecified atom stereocenters. The Morgan fingerprint density at radius 1 is 1.10 bits per heavy atom. The number of hydrogen-bond acceptors (Lipinski definition) is 5. The van der Waals surface area contributed by atoms with Crippen LogP contribution < -0.4 is 15.8 Å². The van der Waals surface area contributed by atoms with Crippen LogP contribution in [-0.4, -0.2) is 42.1 Å². The number of carbonyl (C=O) groups is 1. The molecule has 164 valence electrons. The minimum atomic E-state index is -0.432. The molecular formula is C24H29N3O4. The molecule has 2 aromatic carbocycles. The number of aryl methyl sites for hydroxylation is 1. The number of piperidine rings is 1. The van der Waals surface area contributed by atoms with E-state index in [1.165, 1.54) is 29.4 Å². The van der Waals surface area contributed by atoms with Gasteiger partial charge in [0.05, 0.1) is 18.7 Å². The number of likely N-dealkylation sites (tertiary alicyclic amines) is 1. The molecule has 1 N–H and O–H groups in total. The lowest BCUT2D eigenvalue weighted by molar-refractivity contribution is -0.121. The Hall–Kier alpha value is -3.06. The van der Waals surface area contributed by atoms with Crippen LogP contribution in [-0.2, 0) is 11.3 Å². The van der Waals surface area contributed by atoms with Crippen molar-refractivity contribution in [2.45, 2.75) is 38.3 Å². The molecule has 3 aromatic rings. The van der Waals surface area contributed by atoms with E-state index < -0.39 is 5.76 Å². The molecule has 1 fully saturated rings. The number of hydrogen-bond donors (Lipinski definition) is 1. The Bertz CT molecular complexity index is 1060. The topological polar surface area (TPSA) is 76.7 Å². The smallest absolute Gasteiger partial charge is 0.419 e. The number of ether oxygens (including phenoxy) is 1. The molecule has 7 nitrogen and oxygen atoms in total. The summed E-state index contributed by atoms with van der Waals surface area (Å²) < 4.78 is 12.0. The number of para-hydroxylation sites is 2. The number of amides is 1. The minimum absolute atomic E-state index is 0.0762. The van der Waals surface area contributed by atoms with Gasteiger partial charge in [-0.3, -0.25) is 14.3 Å². The van der Waals surface area contributed by atoms with Gasteiger partial charge in [-0.25, -0.2) is 4.79 Å². The van der Waals surface area contributed by atoms with Crippen LogP contribution in [0.4, 0.5) is 0 Å². The van der Waals surface area contributed by atoms with Gasteiger partial charge in [0.2, 0.25) is 5.91 Å². The zero-order valence-electron chi connectivity index (χ0n) is 17.9. The quantitative estimate of drug-likeness (QED) is 0.601. The normalized spacial score (nSPS) is 15.6. The van der Waals surface area contributed by atoms with E-state index in [1.54, 1.807) is 13.2 Å². The van der Waals surface area contributed by atoms with Gasteiger partial charge >= 0.3 is 5.76 Å². The summed E-state index contributed by atoms with van der Waals surface area (Å²) in [6.07, 6.45) is 3.83. The van der Waals surface area contributed by atoms with Crippen LogP contribution in [0.25, 0.3) is 11.1 Å². The molecule has 1 aliphatic heterocycles. The number of nitrogens with zero attached hydrogens (tertiary/aromatic N) is 2. The van der Waals surface area contributed by atoms with Gasteiger partial charge in [0.15, 0.2) is 5.58 Å². The summed E-state index contributed by atoms with van der Waals surface area (Å²) in [4.78, 5) is 27.2. The molecule has 4 rings (SSSR count). The van der Waals surface area contributed by atoms with E-state index >= 15 is 0 Å². The van der Waals surface area contributed by atoms with Crippen molar-refractivity contribution in [3.63, 3.8) is 0 Å². The molecule has 1 amide bonds. The Kier molecular flexibility index (Phi) is 6.72. The number of fused-ring (bicyclic) bond motifs is 1. The lowest BCUT2D eigenvalue weighted by atomic mass is 10.0. The maximum atomic E-state index is 12.6. The van der Waals surface area contributed by atoms with Gasteiger partial charge in [-0.2, -0.15) is 0 Å². The van der Waals surface area contributed by atoms with Crippen molar-refractivity contribution in [2.24, 2.45) is 0 Å². The van der Waals surface area contributed by atoms with Gasteiger partial charge < -0.3 is 14.5 Å². The lowest BCUT2D eigenvalue weighted by Crippen LogP contribution is -2.40. The molecule has 0 radical (unpaired) electrons. The summed E-state index contributed by atoms with van der Waals surface area (Å²) in [5, 5.41) is 3.08. The fourth-order valence-corrected chi connectivity index (χ4v) is 4.25. The van der Waals surface area contributed by atoms with Crippen LogP contribution in [0.1, 0.15) is 37.3 Å². The van der Waals surface area contributed by atoms with Crippen LogP contribution in [0.15, 0.2) is 57.7 Å². The zero-order valence-corrected chi connectivity index (χ0v) is 17.9. The average molecular weight is 424 g/mol. The standard InChI is InChI=1S/C24H29N3O4/c1-30-19-11-9-18(10-12-19)21(26-14-5-2-6-15-26)17-25-23(28)13-16-27-20-7-3-4-8-22(20)31-24(27)29/h3-4,7-12,21H,2,5-6,13-17H2,1H3,(H,25,28)/t21-/m0/s1. The molecular weight excluding hydrogens is 394 g/mol. The summed E-state index contributed by atoms with van der Waals surface area (Å²) in [6, 6.07) is 15.4. The van der Waals surface area contributed by atoms with Crippen molar-refractivity contribution < 1.29 is 13.9 Å². The number of rotatable bonds is 8. The second-order valence-corrected chi connectivity index (χ2v) is 7.93. The van der Waals surface area contributed by atoms with Crippen molar-refractivity contribution in [1.29, 1.82) is 0 Å². The third-order valence-electron chi connectivity index (χ3n) is 5.96. The first-order valence-electron chi connectivity index (χ1n) is 10.9. The van der Waals surface area contributed by atoms with E-state index in [0.29, 0.717) is 24.2 Å². The van der Waals surface area contributed by atoms with E-state index in [0.717, 1.165) is 18.8 Å². The van der Waals surface area contributed by atoms with Crippen LogP contribution in [0, 0.1) is 0 Å². The van der Waals surface area contributed by atoms with E-state index in [9.17, 15) is 9.59 Å². The number of carbonyl (C=O) groups excluding carboxylic acids is 1. The van der Waals surface area contributed by atoms with E-state index in [1.807, 2.05) is 30.3 Å². The molecule has 7 heteroatoms. The number of oxazole rings is 1. The van der Waals surface area contributed by atoms with E-state index in [2.05, 4.69) is 22.3 Å². The summed E-state index contributed by atoms with van der Waals surface area (Å²) in [5.41, 5.74) is 2.42. The second-order valence-electron chi connectivity index (χ2n) is 7.93. The molecule has 0 aliphatic carbocycles. The van der Waals surface area contributed by atoms with Gasteiger partial charge in [0.25, 0.3) is 0 Å². The molecule has 31 heavy (non-hydrogen) atoms. The van der Waals surface area contributed by atoms with Crippen LogP contribution in [0.3, 0.4) is 0 Å². The molecule has 1 aromatic heterocycles. The highest BCUT2D eigenvalue weighted by molar-refractivity contribution is 5.76. The summed E-state index contributed by atoms with van der Waals surface area (Å²) >= 11 is 0. The highest BCUT2D eigenvalue weighted by atomic mass is 16.5. The van der Waals surface area contributed by atoms with E-state index in [4.69, 9.17) is 9.15 Å². The number of nitrogens with one attached hydrogen (secondary N) is 1. The predicted molar refractivity (Wildman–Crippen MR) is 119 cm³/mol. The third kappa shape index (κ3) is 4.99. The Labute approximate surface area is 181 Å². The number of methoxy groups -OCH3 is 1. The Morgan fingerprint density at radius 2 is 1.84 bits per heavy atom. The minimum Gasteiger partial charge on any atom is -0.497 e. The van der Waals surface area contributed by atoms with Gasteiger partial charge in [-0.05, 0) is 55.8 Å². The first kappa shape index (κ1) is 21.2. The van der Waals surface area contributed by atoms with Crippen LogP contribution in [0.5, 0.6) is 5.75 Å². The monoisotopic (exact) mass is 423 g/mol. The molecule has 0 saturated carbocycles.